The number of aryl methyl sites for hydroxylation is 1. The molecule has 2 heteroatoms. The molecule has 0 aliphatic heterocycles. The highest BCUT2D eigenvalue weighted by Crippen LogP contribution is 2.29. The molecule has 20 heavy (non-hydrogen) atoms. The van der Waals surface area contributed by atoms with Gasteiger partial charge in [-0.2, -0.15) is 0 Å². The zero-order chi connectivity index (χ0) is 14.5. The van der Waals surface area contributed by atoms with Gasteiger partial charge in [-0.3, -0.25) is 0 Å². The first kappa shape index (κ1) is 15.4. The van der Waals surface area contributed by atoms with Crippen molar-refractivity contribution >= 4 is 5.69 Å². The summed E-state index contributed by atoms with van der Waals surface area (Å²) < 4.78 is 0. The van der Waals surface area contributed by atoms with Crippen LogP contribution in [0.2, 0.25) is 0 Å². The molecule has 0 radical (unpaired) electrons. The van der Waals surface area contributed by atoms with Gasteiger partial charge >= 0.3 is 0 Å². The van der Waals surface area contributed by atoms with E-state index < -0.39 is 0 Å². The van der Waals surface area contributed by atoms with Gasteiger partial charge in [0.1, 0.15) is 0 Å². The highest BCUT2D eigenvalue weighted by molar-refractivity contribution is 5.51. The van der Waals surface area contributed by atoms with Gasteiger partial charge in [-0.25, -0.2) is 0 Å². The monoisotopic (exact) mass is 274 g/mol. The maximum atomic E-state index is 6.08. The lowest BCUT2D eigenvalue weighted by Gasteiger charge is -2.33. The minimum absolute atomic E-state index is 0.289. The molecule has 1 unspecified atom stereocenters. The van der Waals surface area contributed by atoms with Crippen LogP contribution in [-0.4, -0.2) is 19.1 Å². The highest BCUT2D eigenvalue weighted by Gasteiger charge is 2.20. The number of hydrogen-bond donors (Lipinski definition) is 1. The standard InChI is InChI=1S/C18H30N2/c1-4-17(19)12-16-9-10-18(11-14(16)3)20(5-2)13-15-7-6-8-15/h9-11,15,17H,4-8,12-13,19H2,1-3H3. The van der Waals surface area contributed by atoms with Gasteiger partial charge in [0.15, 0.2) is 0 Å². The molecule has 0 aromatic heterocycles. The van der Waals surface area contributed by atoms with Gasteiger partial charge < -0.3 is 10.6 Å². The molecule has 0 heterocycles. The summed E-state index contributed by atoms with van der Waals surface area (Å²) in [5, 5.41) is 0. The third-order valence-corrected chi connectivity index (χ3v) is 4.78. The first-order chi connectivity index (χ1) is 9.63. The lowest BCUT2D eigenvalue weighted by atomic mass is 9.85. The quantitative estimate of drug-likeness (QED) is 0.817. The average Bonchev–Trinajstić information content (AvgIpc) is 2.40. The van der Waals surface area contributed by atoms with E-state index in [2.05, 4.69) is 43.9 Å². The molecule has 1 fully saturated rings. The normalized spacial score (nSPS) is 16.8. The van der Waals surface area contributed by atoms with Crippen molar-refractivity contribution in [3.8, 4) is 0 Å². The predicted octanol–water partition coefficient (Wildman–Crippen LogP) is 3.90. The lowest BCUT2D eigenvalue weighted by molar-refractivity contribution is 0.318. The van der Waals surface area contributed by atoms with E-state index in [0.29, 0.717) is 0 Å². The molecule has 1 aliphatic carbocycles. The Labute approximate surface area is 124 Å². The molecule has 1 aromatic carbocycles. The predicted molar refractivity (Wildman–Crippen MR) is 88.4 cm³/mol. The van der Waals surface area contributed by atoms with Gasteiger partial charge in [0.25, 0.3) is 0 Å². The molecule has 1 saturated carbocycles. The molecule has 1 atom stereocenters. The van der Waals surface area contributed by atoms with Crippen molar-refractivity contribution in [1.82, 2.24) is 0 Å². The number of nitrogens with two attached hydrogens (primary N) is 1. The van der Waals surface area contributed by atoms with Gasteiger partial charge in [0, 0.05) is 24.8 Å². The molecule has 2 rings (SSSR count). The van der Waals surface area contributed by atoms with Crippen LogP contribution in [0, 0.1) is 12.8 Å². The van der Waals surface area contributed by atoms with Crippen molar-refractivity contribution < 1.29 is 0 Å². The molecular formula is C18H30N2. The van der Waals surface area contributed by atoms with Crippen LogP contribution < -0.4 is 10.6 Å². The first-order valence-corrected chi connectivity index (χ1v) is 8.24. The van der Waals surface area contributed by atoms with E-state index in [4.69, 9.17) is 5.73 Å². The third kappa shape index (κ3) is 3.76. The van der Waals surface area contributed by atoms with E-state index in [9.17, 15) is 0 Å². The maximum Gasteiger partial charge on any atom is 0.0369 e. The number of benzene rings is 1. The molecule has 0 amide bonds. The molecule has 0 spiro atoms. The van der Waals surface area contributed by atoms with Crippen molar-refractivity contribution in [3.05, 3.63) is 29.3 Å². The summed E-state index contributed by atoms with van der Waals surface area (Å²) in [6.45, 7) is 8.96. The zero-order valence-corrected chi connectivity index (χ0v) is 13.4. The fourth-order valence-electron chi connectivity index (χ4n) is 2.94. The van der Waals surface area contributed by atoms with Crippen LogP contribution in [-0.2, 0) is 6.42 Å². The summed E-state index contributed by atoms with van der Waals surface area (Å²) >= 11 is 0. The number of rotatable bonds is 7. The van der Waals surface area contributed by atoms with Crippen LogP contribution >= 0.6 is 0 Å². The van der Waals surface area contributed by atoms with Crippen LogP contribution in [0.15, 0.2) is 18.2 Å². The summed E-state index contributed by atoms with van der Waals surface area (Å²) in [6, 6.07) is 7.20. The van der Waals surface area contributed by atoms with E-state index in [1.54, 1.807) is 0 Å². The Kier molecular flexibility index (Phi) is 5.47. The van der Waals surface area contributed by atoms with Gasteiger partial charge in [0.2, 0.25) is 0 Å². The molecule has 1 aromatic rings. The van der Waals surface area contributed by atoms with Crippen LogP contribution in [0.4, 0.5) is 5.69 Å². The Bertz CT molecular complexity index is 423. The van der Waals surface area contributed by atoms with Crippen LogP contribution in [0.25, 0.3) is 0 Å². The van der Waals surface area contributed by atoms with Gasteiger partial charge in [-0.15, -0.1) is 0 Å². The Balaban J connectivity index is 2.05. The summed E-state index contributed by atoms with van der Waals surface area (Å²) in [5.74, 6) is 0.920. The summed E-state index contributed by atoms with van der Waals surface area (Å²) in [7, 11) is 0. The van der Waals surface area contributed by atoms with Crippen molar-refractivity contribution in [3.63, 3.8) is 0 Å². The second-order valence-electron chi connectivity index (χ2n) is 6.32. The minimum Gasteiger partial charge on any atom is -0.372 e. The van der Waals surface area contributed by atoms with Gasteiger partial charge in [-0.1, -0.05) is 19.4 Å². The molecule has 2 N–H and O–H groups in total. The van der Waals surface area contributed by atoms with Crippen LogP contribution in [0.5, 0.6) is 0 Å². The molecular weight excluding hydrogens is 244 g/mol. The Morgan fingerprint density at radius 3 is 2.55 bits per heavy atom. The van der Waals surface area contributed by atoms with Crippen molar-refractivity contribution in [1.29, 1.82) is 0 Å². The second-order valence-corrected chi connectivity index (χ2v) is 6.32. The number of anilines is 1. The highest BCUT2D eigenvalue weighted by atomic mass is 15.1. The number of nitrogens with zero attached hydrogens (tertiary/aromatic N) is 1. The van der Waals surface area contributed by atoms with Crippen molar-refractivity contribution in [2.45, 2.75) is 58.9 Å². The van der Waals surface area contributed by atoms with Gasteiger partial charge in [-0.05, 0) is 68.7 Å². The lowest BCUT2D eigenvalue weighted by Crippen LogP contribution is -2.32. The summed E-state index contributed by atoms with van der Waals surface area (Å²) in [6.07, 6.45) is 6.30. The van der Waals surface area contributed by atoms with Crippen molar-refractivity contribution in [2.75, 3.05) is 18.0 Å². The van der Waals surface area contributed by atoms with E-state index in [1.165, 1.54) is 42.6 Å². The molecule has 0 saturated heterocycles. The van der Waals surface area contributed by atoms with E-state index >= 15 is 0 Å². The Hall–Kier alpha value is -1.02. The average molecular weight is 274 g/mol. The fourth-order valence-corrected chi connectivity index (χ4v) is 2.94. The summed E-state index contributed by atoms with van der Waals surface area (Å²) in [5.41, 5.74) is 10.3. The molecule has 0 bridgehead atoms. The van der Waals surface area contributed by atoms with E-state index in [-0.39, 0.29) is 6.04 Å². The summed E-state index contributed by atoms with van der Waals surface area (Å²) in [4.78, 5) is 2.53. The number of hydrogen-bond acceptors (Lipinski definition) is 2. The minimum atomic E-state index is 0.289. The van der Waals surface area contributed by atoms with Gasteiger partial charge in [0.05, 0.1) is 0 Å². The SMILES string of the molecule is CCC(N)Cc1ccc(N(CC)CC2CCC2)cc1C. The van der Waals surface area contributed by atoms with Crippen molar-refractivity contribution in [2.24, 2.45) is 11.7 Å². The van der Waals surface area contributed by atoms with E-state index in [1.807, 2.05) is 0 Å². The second kappa shape index (κ2) is 7.12. The molecule has 2 nitrogen and oxygen atoms in total. The maximum absolute atomic E-state index is 6.08. The van der Waals surface area contributed by atoms with Crippen LogP contribution in [0.3, 0.4) is 0 Å². The largest absolute Gasteiger partial charge is 0.372 e. The Morgan fingerprint density at radius 1 is 1.30 bits per heavy atom. The van der Waals surface area contributed by atoms with E-state index in [0.717, 1.165) is 25.3 Å². The fraction of sp³-hybridized carbons (Fsp3) is 0.667. The first-order valence-electron chi connectivity index (χ1n) is 8.24. The zero-order valence-electron chi connectivity index (χ0n) is 13.4. The Morgan fingerprint density at radius 2 is 2.05 bits per heavy atom. The molecule has 112 valence electrons. The van der Waals surface area contributed by atoms with Crippen LogP contribution in [0.1, 0.15) is 50.7 Å². The smallest absolute Gasteiger partial charge is 0.0369 e. The molecule has 1 aliphatic rings. The third-order valence-electron chi connectivity index (χ3n) is 4.78. The topological polar surface area (TPSA) is 29.3 Å².